The summed E-state index contributed by atoms with van der Waals surface area (Å²) in [4.78, 5) is 16.2. The summed E-state index contributed by atoms with van der Waals surface area (Å²) in [6, 6.07) is 2.98. The van der Waals surface area contributed by atoms with Crippen LogP contribution in [0.2, 0.25) is 5.02 Å². The van der Waals surface area contributed by atoms with E-state index in [2.05, 4.69) is 4.90 Å². The van der Waals surface area contributed by atoms with E-state index in [1.807, 2.05) is 11.9 Å². The molecule has 0 bridgehead atoms. The van der Waals surface area contributed by atoms with E-state index in [-0.39, 0.29) is 22.9 Å². The maximum Gasteiger partial charge on any atom is 0.416 e. The summed E-state index contributed by atoms with van der Waals surface area (Å²) in [6.45, 7) is 3.27. The Morgan fingerprint density at radius 2 is 1.81 bits per heavy atom. The normalized spacial score (nSPS) is 18.0. The van der Waals surface area contributed by atoms with E-state index in [9.17, 15) is 18.0 Å². The van der Waals surface area contributed by atoms with Crippen LogP contribution in [0.4, 0.5) is 13.2 Å². The number of Topliss-reactive ketones (excluding diaryl/α,β-unsaturated/α-hetero) is 1. The lowest BCUT2D eigenvalue weighted by atomic mass is 10.1. The molecule has 0 atom stereocenters. The molecule has 0 spiro atoms. The van der Waals surface area contributed by atoms with Crippen LogP contribution in [0.5, 0.6) is 0 Å². The van der Waals surface area contributed by atoms with Crippen molar-refractivity contribution in [2.75, 3.05) is 39.8 Å². The Morgan fingerprint density at radius 3 is 2.38 bits per heavy atom. The Bertz CT molecular complexity index is 525. The topological polar surface area (TPSA) is 23.6 Å². The number of likely N-dealkylation sites (N-methyl/N-ethyl adjacent to an activating group) is 1. The van der Waals surface area contributed by atoms with Crippen LogP contribution >= 0.6 is 11.6 Å². The number of alkyl halides is 3. The minimum atomic E-state index is -4.51. The van der Waals surface area contributed by atoms with Gasteiger partial charge in [0.25, 0.3) is 0 Å². The number of ketones is 1. The van der Waals surface area contributed by atoms with Crippen molar-refractivity contribution < 1.29 is 18.0 Å². The molecule has 0 saturated carbocycles. The van der Waals surface area contributed by atoms with Crippen molar-refractivity contribution in [3.8, 4) is 0 Å². The van der Waals surface area contributed by atoms with Crippen molar-refractivity contribution in [3.63, 3.8) is 0 Å². The van der Waals surface area contributed by atoms with Crippen LogP contribution in [0.15, 0.2) is 18.2 Å². The highest BCUT2D eigenvalue weighted by molar-refractivity contribution is 6.31. The molecule has 0 aromatic heterocycles. The quantitative estimate of drug-likeness (QED) is 0.800. The van der Waals surface area contributed by atoms with Crippen molar-refractivity contribution in [2.45, 2.75) is 6.18 Å². The number of nitrogens with zero attached hydrogens (tertiary/aromatic N) is 2. The fourth-order valence-corrected chi connectivity index (χ4v) is 2.45. The predicted molar refractivity (Wildman–Crippen MR) is 74.7 cm³/mol. The highest BCUT2D eigenvalue weighted by Gasteiger charge is 2.31. The van der Waals surface area contributed by atoms with Gasteiger partial charge >= 0.3 is 6.18 Å². The summed E-state index contributed by atoms with van der Waals surface area (Å²) < 4.78 is 38.2. The van der Waals surface area contributed by atoms with Crippen LogP contribution in [0.25, 0.3) is 0 Å². The van der Waals surface area contributed by atoms with Crippen molar-refractivity contribution >= 4 is 17.4 Å². The molecule has 1 saturated heterocycles. The highest BCUT2D eigenvalue weighted by Crippen LogP contribution is 2.32. The van der Waals surface area contributed by atoms with Gasteiger partial charge in [0.2, 0.25) is 0 Å². The van der Waals surface area contributed by atoms with Gasteiger partial charge in [-0.25, -0.2) is 0 Å². The molecule has 1 aromatic carbocycles. The average Bonchev–Trinajstić information content (AvgIpc) is 2.39. The number of benzene rings is 1. The van der Waals surface area contributed by atoms with Gasteiger partial charge in [-0.1, -0.05) is 11.6 Å². The Labute approximate surface area is 126 Å². The Hall–Kier alpha value is -1.11. The number of halogens is 4. The van der Waals surface area contributed by atoms with Crippen LogP contribution in [-0.4, -0.2) is 55.4 Å². The van der Waals surface area contributed by atoms with E-state index in [1.165, 1.54) is 6.07 Å². The molecule has 1 aliphatic rings. The van der Waals surface area contributed by atoms with Crippen LogP contribution in [-0.2, 0) is 6.18 Å². The molecule has 1 fully saturated rings. The molecule has 116 valence electrons. The van der Waals surface area contributed by atoms with Crippen LogP contribution in [0.1, 0.15) is 15.9 Å². The Kier molecular flexibility index (Phi) is 4.91. The zero-order valence-corrected chi connectivity index (χ0v) is 12.3. The molecule has 1 aliphatic heterocycles. The van der Waals surface area contributed by atoms with Crippen LogP contribution in [0.3, 0.4) is 0 Å². The van der Waals surface area contributed by atoms with Gasteiger partial charge in [0.05, 0.1) is 12.1 Å². The fourth-order valence-electron chi connectivity index (χ4n) is 2.21. The minimum absolute atomic E-state index is 0.00810. The van der Waals surface area contributed by atoms with E-state index in [0.29, 0.717) is 0 Å². The fraction of sp³-hybridized carbons (Fsp3) is 0.500. The average molecular weight is 321 g/mol. The van der Waals surface area contributed by atoms with E-state index < -0.39 is 11.7 Å². The summed E-state index contributed by atoms with van der Waals surface area (Å²) in [6.07, 6.45) is -4.51. The molecule has 2 rings (SSSR count). The molecule has 0 radical (unpaired) electrons. The number of carbonyl (C=O) groups excluding carboxylic acids is 1. The van der Waals surface area contributed by atoms with Gasteiger partial charge in [0.1, 0.15) is 0 Å². The number of carbonyl (C=O) groups is 1. The zero-order valence-electron chi connectivity index (χ0n) is 11.6. The third-order valence-electron chi connectivity index (χ3n) is 3.51. The van der Waals surface area contributed by atoms with Crippen molar-refractivity contribution in [1.29, 1.82) is 0 Å². The number of piperazine rings is 1. The van der Waals surface area contributed by atoms with Crippen LogP contribution < -0.4 is 0 Å². The second-order valence-corrected chi connectivity index (χ2v) is 5.67. The van der Waals surface area contributed by atoms with Crippen molar-refractivity contribution in [3.05, 3.63) is 34.3 Å². The summed E-state index contributed by atoms with van der Waals surface area (Å²) in [5.41, 5.74) is -0.884. The van der Waals surface area contributed by atoms with E-state index in [1.54, 1.807) is 0 Å². The molecule has 3 nitrogen and oxygen atoms in total. The standard InChI is InChI=1S/C14H16ClF3N2O/c1-19-2-4-20(5-3-19)9-13(21)10-6-11(14(16,17)18)8-12(15)7-10/h6-8H,2-5,9H2,1H3. The first kappa shape index (κ1) is 16.3. The molecule has 0 unspecified atom stereocenters. The molecule has 0 N–H and O–H groups in total. The Balaban J connectivity index is 2.10. The minimum Gasteiger partial charge on any atom is -0.304 e. The molecule has 21 heavy (non-hydrogen) atoms. The van der Waals surface area contributed by atoms with Gasteiger partial charge in [-0.15, -0.1) is 0 Å². The van der Waals surface area contributed by atoms with Gasteiger partial charge in [0.15, 0.2) is 5.78 Å². The monoisotopic (exact) mass is 320 g/mol. The molecule has 0 amide bonds. The lowest BCUT2D eigenvalue weighted by molar-refractivity contribution is -0.137. The van der Waals surface area contributed by atoms with E-state index in [0.717, 1.165) is 38.3 Å². The van der Waals surface area contributed by atoms with E-state index >= 15 is 0 Å². The largest absolute Gasteiger partial charge is 0.416 e. The predicted octanol–water partition coefficient (Wildman–Crippen LogP) is 2.79. The van der Waals surface area contributed by atoms with Gasteiger partial charge in [0, 0.05) is 36.8 Å². The third-order valence-corrected chi connectivity index (χ3v) is 3.73. The lowest BCUT2D eigenvalue weighted by Gasteiger charge is -2.31. The second-order valence-electron chi connectivity index (χ2n) is 5.23. The zero-order chi connectivity index (χ0) is 15.6. The van der Waals surface area contributed by atoms with Crippen LogP contribution in [0, 0.1) is 0 Å². The number of rotatable bonds is 3. The number of hydrogen-bond donors (Lipinski definition) is 0. The molecule has 1 heterocycles. The first-order valence-corrected chi connectivity index (χ1v) is 6.95. The summed E-state index contributed by atoms with van der Waals surface area (Å²) >= 11 is 5.69. The first-order chi connectivity index (χ1) is 9.75. The van der Waals surface area contributed by atoms with Gasteiger partial charge < -0.3 is 4.90 Å². The number of hydrogen-bond acceptors (Lipinski definition) is 3. The van der Waals surface area contributed by atoms with Gasteiger partial charge in [-0.3, -0.25) is 9.69 Å². The summed E-state index contributed by atoms with van der Waals surface area (Å²) in [7, 11) is 1.99. The molecule has 7 heteroatoms. The van der Waals surface area contributed by atoms with Gasteiger partial charge in [-0.05, 0) is 25.2 Å². The lowest BCUT2D eigenvalue weighted by Crippen LogP contribution is -2.46. The van der Waals surface area contributed by atoms with E-state index in [4.69, 9.17) is 11.6 Å². The molecule has 1 aromatic rings. The van der Waals surface area contributed by atoms with Crippen molar-refractivity contribution in [2.24, 2.45) is 0 Å². The smallest absolute Gasteiger partial charge is 0.304 e. The summed E-state index contributed by atoms with van der Waals surface area (Å²) in [5, 5.41) is -0.0773. The summed E-state index contributed by atoms with van der Waals surface area (Å²) in [5.74, 6) is -0.340. The Morgan fingerprint density at radius 1 is 1.19 bits per heavy atom. The van der Waals surface area contributed by atoms with Gasteiger partial charge in [-0.2, -0.15) is 13.2 Å². The first-order valence-electron chi connectivity index (χ1n) is 6.57. The maximum atomic E-state index is 12.7. The third kappa shape index (κ3) is 4.43. The maximum absolute atomic E-state index is 12.7. The van der Waals surface area contributed by atoms with Crippen molar-refractivity contribution in [1.82, 2.24) is 9.80 Å². The molecule has 0 aliphatic carbocycles. The highest BCUT2D eigenvalue weighted by atomic mass is 35.5. The molecular weight excluding hydrogens is 305 g/mol. The SMILES string of the molecule is CN1CCN(CC(=O)c2cc(Cl)cc(C(F)(F)F)c2)CC1. The molecular formula is C14H16ClF3N2O. The second kappa shape index (κ2) is 6.34.